The molecular weight excluding hydrogens is 290 g/mol. The molecule has 0 saturated heterocycles. The Labute approximate surface area is 138 Å². The summed E-state index contributed by atoms with van der Waals surface area (Å²) < 4.78 is 16.2. The van der Waals surface area contributed by atoms with Gasteiger partial charge in [0.15, 0.2) is 0 Å². The highest BCUT2D eigenvalue weighted by Crippen LogP contribution is 2.19. The maximum absolute atomic E-state index is 5.64. The van der Waals surface area contributed by atoms with Crippen LogP contribution in [0.1, 0.15) is 18.9 Å². The molecule has 0 fully saturated rings. The van der Waals surface area contributed by atoms with Crippen molar-refractivity contribution in [3.05, 3.63) is 54.1 Å². The lowest BCUT2D eigenvalue weighted by atomic mass is 10.2. The van der Waals surface area contributed by atoms with E-state index in [0.29, 0.717) is 13.2 Å². The van der Waals surface area contributed by atoms with Crippen molar-refractivity contribution in [3.63, 3.8) is 0 Å². The molecule has 124 valence electrons. The van der Waals surface area contributed by atoms with E-state index in [-0.39, 0.29) is 0 Å². The zero-order chi connectivity index (χ0) is 16.3. The summed E-state index contributed by atoms with van der Waals surface area (Å²) in [4.78, 5) is 0. The number of benzene rings is 2. The van der Waals surface area contributed by atoms with Crippen LogP contribution in [0, 0.1) is 0 Å². The fourth-order valence-corrected chi connectivity index (χ4v) is 2.07. The van der Waals surface area contributed by atoms with Gasteiger partial charge >= 0.3 is 0 Å². The van der Waals surface area contributed by atoms with Gasteiger partial charge in [-0.15, -0.1) is 0 Å². The minimum atomic E-state index is 0.568. The van der Waals surface area contributed by atoms with E-state index in [1.54, 1.807) is 7.11 Å². The number of nitrogens with one attached hydrogen (secondary N) is 1. The Morgan fingerprint density at radius 1 is 0.870 bits per heavy atom. The third-order valence-electron chi connectivity index (χ3n) is 3.28. The molecule has 0 aliphatic rings. The fraction of sp³-hybridized carbons (Fsp3) is 0.368. The molecule has 0 saturated carbocycles. The molecule has 0 radical (unpaired) electrons. The van der Waals surface area contributed by atoms with Crippen LogP contribution < -0.4 is 14.8 Å². The van der Waals surface area contributed by atoms with E-state index in [2.05, 4.69) is 24.4 Å². The lowest BCUT2D eigenvalue weighted by Gasteiger charge is -2.10. The SMILES string of the molecule is CCCOc1cccc(NCc2ccc(OCCOC)cc2)c1. The molecule has 1 N–H and O–H groups in total. The van der Waals surface area contributed by atoms with E-state index in [1.807, 2.05) is 36.4 Å². The van der Waals surface area contributed by atoms with Gasteiger partial charge in [-0.2, -0.15) is 0 Å². The lowest BCUT2D eigenvalue weighted by Crippen LogP contribution is -2.04. The lowest BCUT2D eigenvalue weighted by molar-refractivity contribution is 0.146. The van der Waals surface area contributed by atoms with E-state index < -0.39 is 0 Å². The van der Waals surface area contributed by atoms with Crippen molar-refractivity contribution >= 4 is 5.69 Å². The summed E-state index contributed by atoms with van der Waals surface area (Å²) >= 11 is 0. The van der Waals surface area contributed by atoms with Crippen LogP contribution in [0.4, 0.5) is 5.69 Å². The molecular formula is C19H25NO3. The van der Waals surface area contributed by atoms with E-state index in [0.717, 1.165) is 36.8 Å². The molecule has 0 aliphatic heterocycles. The summed E-state index contributed by atoms with van der Waals surface area (Å²) in [6.45, 7) is 4.77. The zero-order valence-corrected chi connectivity index (χ0v) is 13.9. The van der Waals surface area contributed by atoms with Gasteiger partial charge in [0.25, 0.3) is 0 Å². The molecule has 2 rings (SSSR count). The molecule has 0 spiro atoms. The number of anilines is 1. The molecule has 23 heavy (non-hydrogen) atoms. The smallest absolute Gasteiger partial charge is 0.121 e. The van der Waals surface area contributed by atoms with Gasteiger partial charge in [-0.25, -0.2) is 0 Å². The van der Waals surface area contributed by atoms with Gasteiger partial charge in [0, 0.05) is 25.4 Å². The first kappa shape index (κ1) is 17.2. The summed E-state index contributed by atoms with van der Waals surface area (Å²) in [5, 5.41) is 3.41. The van der Waals surface area contributed by atoms with Gasteiger partial charge < -0.3 is 19.5 Å². The van der Waals surface area contributed by atoms with Gasteiger partial charge in [-0.05, 0) is 36.2 Å². The van der Waals surface area contributed by atoms with Crippen molar-refractivity contribution in [3.8, 4) is 11.5 Å². The Kier molecular flexibility index (Phi) is 7.27. The summed E-state index contributed by atoms with van der Waals surface area (Å²) in [5.74, 6) is 1.76. The average Bonchev–Trinajstić information content (AvgIpc) is 2.60. The maximum Gasteiger partial charge on any atom is 0.121 e. The Morgan fingerprint density at radius 3 is 2.39 bits per heavy atom. The second-order valence-electron chi connectivity index (χ2n) is 5.22. The monoisotopic (exact) mass is 315 g/mol. The van der Waals surface area contributed by atoms with Gasteiger partial charge in [-0.1, -0.05) is 25.1 Å². The fourth-order valence-electron chi connectivity index (χ4n) is 2.07. The van der Waals surface area contributed by atoms with Crippen LogP contribution in [0.2, 0.25) is 0 Å². The molecule has 0 aliphatic carbocycles. The highest BCUT2D eigenvalue weighted by molar-refractivity contribution is 5.48. The molecule has 0 heterocycles. The molecule has 2 aromatic carbocycles. The van der Waals surface area contributed by atoms with E-state index in [4.69, 9.17) is 14.2 Å². The van der Waals surface area contributed by atoms with E-state index >= 15 is 0 Å². The standard InChI is InChI=1S/C19H25NO3/c1-3-11-22-19-6-4-5-17(14-19)20-15-16-7-9-18(10-8-16)23-13-12-21-2/h4-10,14,20H,3,11-13,15H2,1-2H3. The second kappa shape index (κ2) is 9.74. The summed E-state index contributed by atoms with van der Waals surface area (Å²) in [6.07, 6.45) is 1.01. The third kappa shape index (κ3) is 6.20. The first-order valence-electron chi connectivity index (χ1n) is 7.99. The maximum atomic E-state index is 5.64. The largest absolute Gasteiger partial charge is 0.494 e. The van der Waals surface area contributed by atoms with Crippen molar-refractivity contribution in [2.45, 2.75) is 19.9 Å². The first-order chi connectivity index (χ1) is 11.3. The average molecular weight is 315 g/mol. The highest BCUT2D eigenvalue weighted by atomic mass is 16.5. The Balaban J connectivity index is 1.83. The van der Waals surface area contributed by atoms with Gasteiger partial charge in [0.2, 0.25) is 0 Å². The van der Waals surface area contributed by atoms with Gasteiger partial charge in [0.1, 0.15) is 18.1 Å². The molecule has 2 aromatic rings. The Hall–Kier alpha value is -2.20. The van der Waals surface area contributed by atoms with E-state index in [9.17, 15) is 0 Å². The predicted octanol–water partition coefficient (Wildman–Crippen LogP) is 4.11. The normalized spacial score (nSPS) is 10.3. The minimum absolute atomic E-state index is 0.568. The molecule has 0 aromatic heterocycles. The molecule has 0 unspecified atom stereocenters. The highest BCUT2D eigenvalue weighted by Gasteiger charge is 1.99. The van der Waals surface area contributed by atoms with Crippen molar-refractivity contribution in [1.82, 2.24) is 0 Å². The zero-order valence-electron chi connectivity index (χ0n) is 13.9. The molecule has 4 nitrogen and oxygen atoms in total. The number of hydrogen-bond donors (Lipinski definition) is 1. The molecule has 0 amide bonds. The van der Waals surface area contributed by atoms with Crippen LogP contribution >= 0.6 is 0 Å². The van der Waals surface area contributed by atoms with Crippen LogP contribution in [-0.4, -0.2) is 26.9 Å². The second-order valence-corrected chi connectivity index (χ2v) is 5.22. The van der Waals surface area contributed by atoms with Crippen LogP contribution in [-0.2, 0) is 11.3 Å². The van der Waals surface area contributed by atoms with Gasteiger partial charge in [-0.3, -0.25) is 0 Å². The van der Waals surface area contributed by atoms with E-state index in [1.165, 1.54) is 5.56 Å². The van der Waals surface area contributed by atoms with Crippen LogP contribution in [0.25, 0.3) is 0 Å². The number of ether oxygens (including phenoxy) is 3. The van der Waals surface area contributed by atoms with Crippen molar-refractivity contribution in [1.29, 1.82) is 0 Å². The van der Waals surface area contributed by atoms with Crippen LogP contribution in [0.15, 0.2) is 48.5 Å². The minimum Gasteiger partial charge on any atom is -0.494 e. The topological polar surface area (TPSA) is 39.7 Å². The summed E-state index contributed by atoms with van der Waals surface area (Å²) in [6, 6.07) is 16.1. The summed E-state index contributed by atoms with van der Waals surface area (Å²) in [7, 11) is 1.67. The Bertz CT molecular complexity index is 569. The number of methoxy groups -OCH3 is 1. The molecule has 0 bridgehead atoms. The Morgan fingerprint density at radius 2 is 1.65 bits per heavy atom. The third-order valence-corrected chi connectivity index (χ3v) is 3.28. The van der Waals surface area contributed by atoms with Crippen LogP contribution in [0.3, 0.4) is 0 Å². The van der Waals surface area contributed by atoms with Crippen molar-refractivity contribution in [2.75, 3.05) is 32.2 Å². The first-order valence-corrected chi connectivity index (χ1v) is 7.99. The van der Waals surface area contributed by atoms with Crippen molar-refractivity contribution < 1.29 is 14.2 Å². The van der Waals surface area contributed by atoms with Gasteiger partial charge in [0.05, 0.1) is 13.2 Å². The van der Waals surface area contributed by atoms with Crippen molar-refractivity contribution in [2.24, 2.45) is 0 Å². The predicted molar refractivity (Wildman–Crippen MR) is 93.4 cm³/mol. The summed E-state index contributed by atoms with van der Waals surface area (Å²) in [5.41, 5.74) is 2.25. The molecule has 4 heteroatoms. The molecule has 0 atom stereocenters. The number of rotatable bonds is 10. The quantitative estimate of drug-likeness (QED) is 0.670. The van der Waals surface area contributed by atoms with Crippen LogP contribution in [0.5, 0.6) is 11.5 Å². The number of hydrogen-bond acceptors (Lipinski definition) is 4.